The van der Waals surface area contributed by atoms with E-state index >= 15 is 4.39 Å². The molecule has 216 valence electrons. The smallest absolute Gasteiger partial charge is 0.355 e. The van der Waals surface area contributed by atoms with Crippen molar-refractivity contribution in [2.24, 2.45) is 11.1 Å². The number of carbonyl (C=O) groups is 1. The number of primary sulfonamides is 1. The summed E-state index contributed by atoms with van der Waals surface area (Å²) >= 11 is 9.00. The zero-order chi connectivity index (χ0) is 29.8. The maximum absolute atomic E-state index is 15.1. The first kappa shape index (κ1) is 28.7. The second-order valence-corrected chi connectivity index (χ2v) is 14.3. The van der Waals surface area contributed by atoms with E-state index in [1.54, 1.807) is 28.9 Å². The Morgan fingerprint density at radius 1 is 1.19 bits per heavy atom. The van der Waals surface area contributed by atoms with Gasteiger partial charge in [-0.2, -0.15) is 5.10 Å². The second-order valence-electron chi connectivity index (χ2n) is 10.2. The fourth-order valence-electron chi connectivity index (χ4n) is 4.86. The molecule has 1 saturated carbocycles. The largest absolute Gasteiger partial charge is 0.476 e. The van der Waals surface area contributed by atoms with E-state index in [1.807, 2.05) is 19.1 Å². The number of aromatic carboxylic acids is 1. The van der Waals surface area contributed by atoms with Crippen LogP contribution in [-0.4, -0.2) is 34.3 Å². The number of sulfonamides is 1. The van der Waals surface area contributed by atoms with Crippen molar-refractivity contribution in [3.63, 3.8) is 0 Å². The summed E-state index contributed by atoms with van der Waals surface area (Å²) in [7, 11) is -4.00. The minimum atomic E-state index is -4.00. The molecule has 1 fully saturated rings. The van der Waals surface area contributed by atoms with E-state index in [4.69, 9.17) is 21.8 Å². The lowest BCUT2D eigenvalue weighted by Gasteiger charge is -2.11. The van der Waals surface area contributed by atoms with Crippen LogP contribution in [0.5, 0.6) is 0 Å². The fourth-order valence-corrected chi connectivity index (χ4v) is 7.63. The van der Waals surface area contributed by atoms with Crippen LogP contribution in [0.1, 0.15) is 45.0 Å². The molecule has 0 radical (unpaired) electrons. The van der Waals surface area contributed by atoms with Crippen molar-refractivity contribution in [2.45, 2.75) is 37.5 Å². The van der Waals surface area contributed by atoms with Crippen molar-refractivity contribution in [1.29, 1.82) is 0 Å². The van der Waals surface area contributed by atoms with Crippen molar-refractivity contribution in [3.05, 3.63) is 92.1 Å². The Balaban J connectivity index is 1.54. The molecule has 1 aliphatic rings. The maximum atomic E-state index is 15.1. The highest BCUT2D eigenvalue weighted by atomic mass is 35.5. The van der Waals surface area contributed by atoms with Crippen LogP contribution < -0.4 is 5.14 Å². The number of thiophene rings is 1. The van der Waals surface area contributed by atoms with E-state index in [-0.39, 0.29) is 21.4 Å². The van der Waals surface area contributed by atoms with Gasteiger partial charge < -0.3 is 5.11 Å². The van der Waals surface area contributed by atoms with Crippen molar-refractivity contribution >= 4 is 50.3 Å². The van der Waals surface area contributed by atoms with Gasteiger partial charge in [0.05, 0.1) is 16.4 Å². The minimum absolute atomic E-state index is 0.0100. The Labute approximate surface area is 254 Å². The molecule has 1 aliphatic carbocycles. The summed E-state index contributed by atoms with van der Waals surface area (Å²) in [4.78, 5) is 17.6. The van der Waals surface area contributed by atoms with Crippen LogP contribution in [0.3, 0.4) is 0 Å². The molecule has 0 atom stereocenters. The number of aromatic nitrogens is 3. The zero-order valence-electron chi connectivity index (χ0n) is 22.2. The molecule has 2 aromatic carbocycles. The van der Waals surface area contributed by atoms with Gasteiger partial charge in [0.25, 0.3) is 0 Å². The molecule has 3 heterocycles. The monoisotopic (exact) mass is 642 g/mol. The van der Waals surface area contributed by atoms with Crippen LogP contribution in [0.2, 0.25) is 5.02 Å². The molecule has 0 unspecified atom stereocenters. The molecular formula is C29H24ClFN4O4S3. The predicted octanol–water partition coefficient (Wildman–Crippen LogP) is 6.71. The molecule has 0 saturated heterocycles. The maximum Gasteiger partial charge on any atom is 0.355 e. The minimum Gasteiger partial charge on any atom is -0.476 e. The number of hydrogen-bond donors (Lipinski definition) is 2. The summed E-state index contributed by atoms with van der Waals surface area (Å²) in [5.41, 5.74) is 4.10. The Morgan fingerprint density at radius 2 is 1.98 bits per heavy atom. The normalized spacial score (nSPS) is 13.5. The molecule has 0 aliphatic heterocycles. The number of benzene rings is 2. The Bertz CT molecular complexity index is 1960. The van der Waals surface area contributed by atoms with E-state index in [2.05, 4.69) is 4.98 Å². The molecule has 5 aromatic rings. The first-order chi connectivity index (χ1) is 20.0. The van der Waals surface area contributed by atoms with Gasteiger partial charge in [0, 0.05) is 38.2 Å². The molecule has 13 heteroatoms. The van der Waals surface area contributed by atoms with Gasteiger partial charge in [-0.3, -0.25) is 0 Å². The number of halogens is 2. The summed E-state index contributed by atoms with van der Waals surface area (Å²) < 4.78 is 40.6. The summed E-state index contributed by atoms with van der Waals surface area (Å²) in [5.74, 6) is -1.04. The summed E-state index contributed by atoms with van der Waals surface area (Å²) in [6.07, 6.45) is 3.15. The number of carboxylic acids is 1. The third-order valence-electron chi connectivity index (χ3n) is 7.09. The van der Waals surface area contributed by atoms with E-state index < -0.39 is 16.0 Å². The molecule has 0 bridgehead atoms. The van der Waals surface area contributed by atoms with Crippen LogP contribution in [0.15, 0.2) is 58.8 Å². The molecule has 3 aromatic heterocycles. The molecule has 8 nitrogen and oxygen atoms in total. The van der Waals surface area contributed by atoms with Gasteiger partial charge in [-0.15, -0.1) is 22.7 Å². The van der Waals surface area contributed by atoms with Crippen LogP contribution in [0, 0.1) is 18.7 Å². The first-order valence-electron chi connectivity index (χ1n) is 13.0. The molecule has 6 rings (SSSR count). The zero-order valence-corrected chi connectivity index (χ0v) is 25.4. The van der Waals surface area contributed by atoms with Crippen molar-refractivity contribution in [1.82, 2.24) is 14.8 Å². The third kappa shape index (κ3) is 5.77. The topological polar surface area (TPSA) is 128 Å². The Morgan fingerprint density at radius 3 is 2.60 bits per heavy atom. The lowest BCUT2D eigenvalue weighted by Crippen LogP contribution is -2.12. The SMILES string of the molecule is Cc1ccc(-c2cc(-c3nn(-c4nc(C(=O)O)cs4)c(CC4CC4)c3Cc3ccc(S(N)(=O)=O)c(Cl)c3)ccc2F)s1. The summed E-state index contributed by atoms with van der Waals surface area (Å²) in [6, 6.07) is 13.3. The van der Waals surface area contributed by atoms with Gasteiger partial charge in [-0.25, -0.2) is 32.4 Å². The number of aryl methyl sites for hydroxylation is 1. The second kappa shape index (κ2) is 11.0. The summed E-state index contributed by atoms with van der Waals surface area (Å²) in [6.45, 7) is 1.96. The molecule has 0 amide bonds. The van der Waals surface area contributed by atoms with Gasteiger partial charge in [0.1, 0.15) is 10.7 Å². The molecule has 3 N–H and O–H groups in total. The van der Waals surface area contributed by atoms with Crippen LogP contribution in [0.25, 0.3) is 26.8 Å². The van der Waals surface area contributed by atoms with Crippen molar-refractivity contribution in [3.8, 4) is 26.8 Å². The van der Waals surface area contributed by atoms with Gasteiger partial charge in [-0.05, 0) is 80.1 Å². The number of nitrogens with zero attached hydrogens (tertiary/aromatic N) is 3. The average molecular weight is 643 g/mol. The third-order valence-corrected chi connectivity index (χ3v) is 10.3. The highest BCUT2D eigenvalue weighted by Crippen LogP contribution is 2.40. The molecular weight excluding hydrogens is 619 g/mol. The van der Waals surface area contributed by atoms with Gasteiger partial charge in [-0.1, -0.05) is 17.7 Å². The molecule has 42 heavy (non-hydrogen) atoms. The Kier molecular flexibility index (Phi) is 7.52. The Hall–Kier alpha value is -3.42. The van der Waals surface area contributed by atoms with E-state index in [0.29, 0.717) is 40.7 Å². The van der Waals surface area contributed by atoms with E-state index in [1.165, 1.54) is 40.2 Å². The van der Waals surface area contributed by atoms with Crippen LogP contribution in [0.4, 0.5) is 4.39 Å². The van der Waals surface area contributed by atoms with Crippen molar-refractivity contribution in [2.75, 3.05) is 0 Å². The number of hydrogen-bond acceptors (Lipinski definition) is 7. The lowest BCUT2D eigenvalue weighted by atomic mass is 9.96. The molecule has 0 spiro atoms. The van der Waals surface area contributed by atoms with Crippen LogP contribution >= 0.6 is 34.3 Å². The first-order valence-corrected chi connectivity index (χ1v) is 16.6. The predicted molar refractivity (Wildman–Crippen MR) is 162 cm³/mol. The fraction of sp³-hybridized carbons (Fsp3) is 0.207. The highest BCUT2D eigenvalue weighted by molar-refractivity contribution is 7.89. The number of carboxylic acid groups (broad SMARTS) is 1. The van der Waals surface area contributed by atoms with Gasteiger partial charge >= 0.3 is 5.97 Å². The lowest BCUT2D eigenvalue weighted by molar-refractivity contribution is 0.0691. The van der Waals surface area contributed by atoms with E-state index in [9.17, 15) is 18.3 Å². The number of thiazole rings is 1. The number of nitrogens with two attached hydrogens (primary N) is 1. The van der Waals surface area contributed by atoms with E-state index in [0.717, 1.165) is 39.4 Å². The quantitative estimate of drug-likeness (QED) is 0.184. The number of rotatable bonds is 9. The standard InChI is InChI=1S/C29H24ClFN4O4S3/c1-15-2-8-25(41-15)19-13-18(6-7-22(19)31)27-20(10-17-5-9-26(21(30)11-17)42(32,38)39)24(12-16-3-4-16)35(34-27)29-33-23(14-40-29)28(36)37/h2,5-9,11,13-14,16H,3-4,10,12H2,1H3,(H,36,37)(H2,32,38,39). The summed E-state index contributed by atoms with van der Waals surface area (Å²) in [5, 5.41) is 21.6. The van der Waals surface area contributed by atoms with Gasteiger partial charge in [0.2, 0.25) is 15.2 Å². The average Bonchev–Trinajstić information content (AvgIpc) is 3.27. The van der Waals surface area contributed by atoms with Gasteiger partial charge in [0.15, 0.2) is 5.69 Å². The van der Waals surface area contributed by atoms with Crippen LogP contribution in [-0.2, 0) is 22.9 Å². The van der Waals surface area contributed by atoms with Crippen molar-refractivity contribution < 1.29 is 22.7 Å². The highest BCUT2D eigenvalue weighted by Gasteiger charge is 2.30.